The van der Waals surface area contributed by atoms with E-state index in [1.807, 2.05) is 24.3 Å². The first-order chi connectivity index (χ1) is 6.72. The van der Waals surface area contributed by atoms with Crippen LogP contribution in [0, 0.1) is 0 Å². The first-order valence-corrected chi connectivity index (χ1v) is 4.63. The predicted octanol–water partition coefficient (Wildman–Crippen LogP) is -1.59. The Labute approximate surface area is 112 Å². The van der Waals surface area contributed by atoms with Gasteiger partial charge >= 0.3 is 29.6 Å². The van der Waals surface area contributed by atoms with E-state index in [9.17, 15) is 9.90 Å². The van der Waals surface area contributed by atoms with Crippen LogP contribution in [0.5, 0.6) is 0 Å². The second-order valence-electron chi connectivity index (χ2n) is 3.17. The SMILES string of the molecule is C=Cc1ccc(CCCC(=O)[O-])cc1.[Na+]. The Morgan fingerprint density at radius 2 is 1.93 bits per heavy atom. The number of carbonyl (C=O) groups is 1. The van der Waals surface area contributed by atoms with Crippen LogP contribution >= 0.6 is 0 Å². The van der Waals surface area contributed by atoms with E-state index in [0.717, 1.165) is 17.5 Å². The molecular weight excluding hydrogens is 199 g/mol. The van der Waals surface area contributed by atoms with Crippen molar-refractivity contribution in [2.45, 2.75) is 19.3 Å². The van der Waals surface area contributed by atoms with Crippen molar-refractivity contribution >= 4 is 12.0 Å². The molecular formula is C12H13NaO2. The van der Waals surface area contributed by atoms with Crippen molar-refractivity contribution in [3.05, 3.63) is 42.0 Å². The molecule has 74 valence electrons. The smallest absolute Gasteiger partial charge is 0.550 e. The average molecular weight is 212 g/mol. The third-order valence-electron chi connectivity index (χ3n) is 2.06. The van der Waals surface area contributed by atoms with Gasteiger partial charge in [-0.1, -0.05) is 36.9 Å². The largest absolute Gasteiger partial charge is 1.00 e. The Morgan fingerprint density at radius 1 is 1.33 bits per heavy atom. The molecule has 0 aliphatic heterocycles. The van der Waals surface area contributed by atoms with Crippen LogP contribution in [0.3, 0.4) is 0 Å². The summed E-state index contributed by atoms with van der Waals surface area (Å²) in [4.78, 5) is 10.2. The maximum Gasteiger partial charge on any atom is 1.00 e. The van der Waals surface area contributed by atoms with Crippen LogP contribution in [0.2, 0.25) is 0 Å². The van der Waals surface area contributed by atoms with Crippen molar-refractivity contribution in [2.75, 3.05) is 0 Å². The first-order valence-electron chi connectivity index (χ1n) is 4.63. The summed E-state index contributed by atoms with van der Waals surface area (Å²) in [5.41, 5.74) is 2.23. The van der Waals surface area contributed by atoms with Gasteiger partial charge in [-0.05, 0) is 30.4 Å². The van der Waals surface area contributed by atoms with Gasteiger partial charge in [-0.15, -0.1) is 0 Å². The molecule has 15 heavy (non-hydrogen) atoms. The predicted molar refractivity (Wildman–Crippen MR) is 54.5 cm³/mol. The molecule has 0 heterocycles. The Kier molecular flexibility index (Phi) is 7.39. The molecule has 0 aromatic heterocycles. The Hall–Kier alpha value is -0.570. The molecule has 1 rings (SSSR count). The number of rotatable bonds is 5. The third kappa shape index (κ3) is 5.78. The molecule has 0 unspecified atom stereocenters. The van der Waals surface area contributed by atoms with Gasteiger partial charge in [0, 0.05) is 5.97 Å². The molecule has 0 bridgehead atoms. The normalized spacial score (nSPS) is 9.07. The third-order valence-corrected chi connectivity index (χ3v) is 2.06. The number of aliphatic carboxylic acids is 1. The van der Waals surface area contributed by atoms with Crippen LogP contribution in [0.25, 0.3) is 6.08 Å². The molecule has 0 radical (unpaired) electrons. The number of aryl methyl sites for hydroxylation is 1. The van der Waals surface area contributed by atoms with Gasteiger partial charge in [-0.2, -0.15) is 0 Å². The van der Waals surface area contributed by atoms with Gasteiger partial charge in [0.1, 0.15) is 0 Å². The first kappa shape index (κ1) is 14.4. The van der Waals surface area contributed by atoms with E-state index in [0.29, 0.717) is 6.42 Å². The zero-order valence-electron chi connectivity index (χ0n) is 9.03. The number of hydrogen-bond acceptors (Lipinski definition) is 2. The second-order valence-corrected chi connectivity index (χ2v) is 3.17. The second kappa shape index (κ2) is 7.69. The summed E-state index contributed by atoms with van der Waals surface area (Å²) in [6, 6.07) is 7.93. The van der Waals surface area contributed by atoms with Gasteiger partial charge < -0.3 is 9.90 Å². The van der Waals surface area contributed by atoms with Gasteiger partial charge in [0.15, 0.2) is 0 Å². The molecule has 0 N–H and O–H groups in total. The molecule has 3 heteroatoms. The molecule has 0 aliphatic rings. The van der Waals surface area contributed by atoms with E-state index in [2.05, 4.69) is 6.58 Å². The number of carboxylic acid groups (broad SMARTS) is 1. The molecule has 0 atom stereocenters. The van der Waals surface area contributed by atoms with Crippen LogP contribution in [-0.2, 0) is 11.2 Å². The topological polar surface area (TPSA) is 40.1 Å². The average Bonchev–Trinajstić information content (AvgIpc) is 2.18. The van der Waals surface area contributed by atoms with E-state index in [1.165, 1.54) is 0 Å². The number of hydrogen-bond donors (Lipinski definition) is 0. The summed E-state index contributed by atoms with van der Waals surface area (Å²) in [7, 11) is 0. The van der Waals surface area contributed by atoms with Gasteiger partial charge in [-0.3, -0.25) is 0 Å². The summed E-state index contributed by atoms with van der Waals surface area (Å²) < 4.78 is 0. The van der Waals surface area contributed by atoms with Crippen molar-refractivity contribution in [1.29, 1.82) is 0 Å². The minimum absolute atomic E-state index is 0. The van der Waals surface area contributed by atoms with Crippen LogP contribution in [0.1, 0.15) is 24.0 Å². The van der Waals surface area contributed by atoms with Crippen LogP contribution in [0.4, 0.5) is 0 Å². The molecule has 0 aliphatic carbocycles. The summed E-state index contributed by atoms with van der Waals surface area (Å²) in [5.74, 6) is -0.979. The summed E-state index contributed by atoms with van der Waals surface area (Å²) in [6.45, 7) is 3.66. The zero-order valence-corrected chi connectivity index (χ0v) is 11.0. The van der Waals surface area contributed by atoms with E-state index in [-0.39, 0.29) is 36.0 Å². The Morgan fingerprint density at radius 3 is 2.40 bits per heavy atom. The summed E-state index contributed by atoms with van der Waals surface area (Å²) >= 11 is 0. The zero-order chi connectivity index (χ0) is 10.4. The minimum Gasteiger partial charge on any atom is -0.550 e. The van der Waals surface area contributed by atoms with E-state index in [1.54, 1.807) is 6.08 Å². The fraction of sp³-hybridized carbons (Fsp3) is 0.250. The number of carbonyl (C=O) groups excluding carboxylic acids is 1. The molecule has 0 spiro atoms. The quantitative estimate of drug-likeness (QED) is 0.552. The van der Waals surface area contributed by atoms with E-state index >= 15 is 0 Å². The van der Waals surface area contributed by atoms with Crippen LogP contribution in [0.15, 0.2) is 30.8 Å². The Bertz CT molecular complexity index is 317. The molecule has 1 aromatic rings. The minimum atomic E-state index is -0.979. The van der Waals surface area contributed by atoms with Crippen molar-refractivity contribution < 1.29 is 39.5 Å². The van der Waals surface area contributed by atoms with Crippen LogP contribution < -0.4 is 34.7 Å². The van der Waals surface area contributed by atoms with Gasteiger partial charge in [0.05, 0.1) is 0 Å². The fourth-order valence-electron chi connectivity index (χ4n) is 1.26. The van der Waals surface area contributed by atoms with E-state index in [4.69, 9.17) is 0 Å². The van der Waals surface area contributed by atoms with Gasteiger partial charge in [-0.25, -0.2) is 0 Å². The van der Waals surface area contributed by atoms with Crippen molar-refractivity contribution in [1.82, 2.24) is 0 Å². The maximum absolute atomic E-state index is 10.2. The summed E-state index contributed by atoms with van der Waals surface area (Å²) in [6.07, 6.45) is 3.33. The van der Waals surface area contributed by atoms with E-state index < -0.39 is 5.97 Å². The fourth-order valence-corrected chi connectivity index (χ4v) is 1.26. The van der Waals surface area contributed by atoms with Crippen molar-refractivity contribution in [3.8, 4) is 0 Å². The van der Waals surface area contributed by atoms with Crippen LogP contribution in [-0.4, -0.2) is 5.97 Å². The molecule has 1 aromatic carbocycles. The van der Waals surface area contributed by atoms with Crippen molar-refractivity contribution in [2.24, 2.45) is 0 Å². The summed E-state index contributed by atoms with van der Waals surface area (Å²) in [5, 5.41) is 10.2. The molecule has 2 nitrogen and oxygen atoms in total. The number of benzene rings is 1. The molecule has 0 saturated carbocycles. The molecule has 0 fully saturated rings. The molecule has 0 saturated heterocycles. The number of carboxylic acids is 1. The Balaban J connectivity index is 0.00000196. The van der Waals surface area contributed by atoms with Gasteiger partial charge in [0.25, 0.3) is 0 Å². The maximum atomic E-state index is 10.2. The molecule has 0 amide bonds. The van der Waals surface area contributed by atoms with Gasteiger partial charge in [0.2, 0.25) is 0 Å². The van der Waals surface area contributed by atoms with Crippen molar-refractivity contribution in [3.63, 3.8) is 0 Å². The standard InChI is InChI=1S/C12H14O2.Na/c1-2-10-6-8-11(9-7-10)4-3-5-12(13)14;/h2,6-9H,1,3-5H2,(H,13,14);/q;+1/p-1. The monoisotopic (exact) mass is 212 g/mol.